The molecule has 8 heteroatoms. The van der Waals surface area contributed by atoms with Crippen LogP contribution in [0.5, 0.6) is 5.75 Å². The van der Waals surface area contributed by atoms with Crippen molar-refractivity contribution in [2.75, 3.05) is 13.7 Å². The average Bonchev–Trinajstić information content (AvgIpc) is 3.70. The van der Waals surface area contributed by atoms with Gasteiger partial charge in [0.05, 0.1) is 13.7 Å². The summed E-state index contributed by atoms with van der Waals surface area (Å²) in [6.07, 6.45) is 2.13. The summed E-state index contributed by atoms with van der Waals surface area (Å²) in [6, 6.07) is 7.87. The highest BCUT2D eigenvalue weighted by atomic mass is 19.2. The van der Waals surface area contributed by atoms with Crippen molar-refractivity contribution in [3.8, 4) is 16.9 Å². The zero-order valence-electron chi connectivity index (χ0n) is 18.6. The van der Waals surface area contributed by atoms with Crippen molar-refractivity contribution in [1.82, 2.24) is 0 Å². The Morgan fingerprint density at radius 2 is 1.29 bits per heavy atom. The second-order valence-electron chi connectivity index (χ2n) is 8.63. The third-order valence-corrected chi connectivity index (χ3v) is 6.66. The molecule has 2 aliphatic rings. The minimum atomic E-state index is -1.29. The van der Waals surface area contributed by atoms with Gasteiger partial charge in [-0.25, -0.2) is 22.0 Å². The van der Waals surface area contributed by atoms with Gasteiger partial charge in [-0.2, -0.15) is 4.39 Å². The predicted molar refractivity (Wildman–Crippen MR) is 118 cm³/mol. The summed E-state index contributed by atoms with van der Waals surface area (Å²) in [5.74, 6) is -7.45. The predicted octanol–water partition coefficient (Wildman–Crippen LogP) is 7.62. The van der Waals surface area contributed by atoms with Crippen molar-refractivity contribution >= 4 is 5.57 Å². The molecule has 2 unspecified atom stereocenters. The quantitative estimate of drug-likeness (QED) is 0.271. The molecule has 0 N–H and O–H groups in total. The zero-order valence-corrected chi connectivity index (χ0v) is 18.6. The highest BCUT2D eigenvalue weighted by molar-refractivity contribution is 5.73. The molecule has 3 aromatic rings. The Morgan fingerprint density at radius 3 is 1.91 bits per heavy atom. The van der Waals surface area contributed by atoms with Crippen LogP contribution in [0.25, 0.3) is 16.7 Å². The molecule has 3 aromatic carbocycles. The van der Waals surface area contributed by atoms with Gasteiger partial charge in [0, 0.05) is 22.3 Å². The number of hydrogen-bond acceptors (Lipinski definition) is 2. The lowest BCUT2D eigenvalue weighted by Gasteiger charge is -2.24. The average molecular weight is 490 g/mol. The van der Waals surface area contributed by atoms with Gasteiger partial charge in [-0.05, 0) is 42.4 Å². The van der Waals surface area contributed by atoms with Gasteiger partial charge in [0.1, 0.15) is 6.10 Å². The largest absolute Gasteiger partial charge is 0.494 e. The van der Waals surface area contributed by atoms with E-state index in [1.165, 1.54) is 43.5 Å². The maximum absolute atomic E-state index is 15.0. The van der Waals surface area contributed by atoms with E-state index in [2.05, 4.69) is 0 Å². The Hall–Kier alpha value is -3.26. The Kier molecular flexibility index (Phi) is 6.09. The highest BCUT2D eigenvalue weighted by Gasteiger charge is 2.31. The minimum absolute atomic E-state index is 0.00466. The van der Waals surface area contributed by atoms with Gasteiger partial charge in [0.25, 0.3) is 0 Å². The van der Waals surface area contributed by atoms with E-state index in [1.807, 2.05) is 0 Å². The van der Waals surface area contributed by atoms with Crippen LogP contribution >= 0.6 is 0 Å². The topological polar surface area (TPSA) is 21.8 Å². The van der Waals surface area contributed by atoms with Gasteiger partial charge in [0.15, 0.2) is 34.8 Å². The van der Waals surface area contributed by atoms with E-state index in [0.717, 1.165) is 0 Å². The number of epoxide rings is 1. The van der Waals surface area contributed by atoms with E-state index in [9.17, 15) is 22.0 Å². The fourth-order valence-electron chi connectivity index (χ4n) is 4.64. The molecule has 1 aliphatic heterocycles. The van der Waals surface area contributed by atoms with E-state index < -0.39 is 46.6 Å². The number of benzene rings is 3. The number of methoxy groups -OCH3 is 1. The molecule has 1 heterocycles. The van der Waals surface area contributed by atoms with Crippen LogP contribution in [0.2, 0.25) is 0 Å². The summed E-state index contributed by atoms with van der Waals surface area (Å²) in [6.45, 7) is 0.281. The van der Waals surface area contributed by atoms with Gasteiger partial charge in [0.2, 0.25) is 5.82 Å². The normalized spacial score (nSPS) is 19.5. The number of rotatable bonds is 5. The molecular formula is C27H20F6O2. The molecule has 0 spiro atoms. The van der Waals surface area contributed by atoms with Crippen LogP contribution < -0.4 is 4.74 Å². The zero-order chi connectivity index (χ0) is 24.9. The first-order valence-electron chi connectivity index (χ1n) is 11.1. The van der Waals surface area contributed by atoms with Gasteiger partial charge in [-0.1, -0.05) is 36.4 Å². The third kappa shape index (κ3) is 4.10. The first-order valence-corrected chi connectivity index (χ1v) is 11.1. The first-order chi connectivity index (χ1) is 16.8. The van der Waals surface area contributed by atoms with Gasteiger partial charge in [-0.3, -0.25) is 0 Å². The molecular weight excluding hydrogens is 470 g/mol. The first kappa shape index (κ1) is 23.5. The molecule has 0 amide bonds. The summed E-state index contributed by atoms with van der Waals surface area (Å²) >= 11 is 0. The molecule has 1 fully saturated rings. The number of ether oxygens (including phenoxy) is 2. The van der Waals surface area contributed by atoms with Gasteiger partial charge in [-0.15, -0.1) is 0 Å². The molecule has 5 rings (SSSR count). The molecule has 2 atom stereocenters. The summed E-state index contributed by atoms with van der Waals surface area (Å²) in [5, 5.41) is 0. The Labute approximate surface area is 197 Å². The van der Waals surface area contributed by atoms with Crippen LogP contribution in [0.4, 0.5) is 26.3 Å². The van der Waals surface area contributed by atoms with Crippen molar-refractivity contribution in [2.45, 2.75) is 31.3 Å². The SMILES string of the molecule is COc1ccc(C2CC=C(c3ccc(-c4ccc(C5CO5)c(F)c4F)c(F)c3F)CC2)c(F)c1F. The van der Waals surface area contributed by atoms with E-state index >= 15 is 4.39 Å². The number of allylic oxidation sites excluding steroid dienone is 2. The van der Waals surface area contributed by atoms with Crippen molar-refractivity contribution in [2.24, 2.45) is 0 Å². The fraction of sp³-hybridized carbons (Fsp3) is 0.259. The molecule has 35 heavy (non-hydrogen) atoms. The standard InChI is InChI=1S/C27H20F6O2/c1-34-20-11-10-16(23(29)27(20)33)14-4-2-13(3-5-14)15-6-7-17(24(30)22(15)28)18-8-9-19(21-12-35-21)26(32)25(18)31/h2,6-11,14,21H,3-5,12H2,1H3. The lowest BCUT2D eigenvalue weighted by atomic mass is 9.82. The Balaban J connectivity index is 1.42. The smallest absolute Gasteiger partial charge is 0.200 e. The van der Waals surface area contributed by atoms with Crippen molar-refractivity contribution in [3.05, 3.63) is 94.1 Å². The summed E-state index contributed by atoms with van der Waals surface area (Å²) in [7, 11) is 1.25. The van der Waals surface area contributed by atoms with E-state index in [0.29, 0.717) is 24.8 Å². The molecule has 1 aliphatic carbocycles. The molecule has 0 bridgehead atoms. The monoisotopic (exact) mass is 490 g/mol. The van der Waals surface area contributed by atoms with Crippen LogP contribution in [0, 0.1) is 34.9 Å². The maximum atomic E-state index is 15.0. The molecule has 0 radical (unpaired) electrons. The summed E-state index contributed by atoms with van der Waals surface area (Å²) < 4.78 is 97.3. The van der Waals surface area contributed by atoms with Crippen LogP contribution in [-0.4, -0.2) is 13.7 Å². The van der Waals surface area contributed by atoms with Crippen LogP contribution in [0.3, 0.4) is 0 Å². The Morgan fingerprint density at radius 1 is 0.714 bits per heavy atom. The molecule has 0 aromatic heterocycles. The number of halogens is 6. The number of hydrogen-bond donors (Lipinski definition) is 0. The molecule has 2 nitrogen and oxygen atoms in total. The van der Waals surface area contributed by atoms with Gasteiger partial charge >= 0.3 is 0 Å². The maximum Gasteiger partial charge on any atom is 0.200 e. The second kappa shape index (κ2) is 9.07. The van der Waals surface area contributed by atoms with Crippen molar-refractivity contribution < 1.29 is 35.8 Å². The van der Waals surface area contributed by atoms with Crippen LogP contribution in [-0.2, 0) is 4.74 Å². The molecule has 1 saturated heterocycles. The van der Waals surface area contributed by atoms with E-state index in [-0.39, 0.29) is 40.5 Å². The lowest BCUT2D eigenvalue weighted by molar-refractivity contribution is 0.368. The minimum Gasteiger partial charge on any atom is -0.494 e. The highest BCUT2D eigenvalue weighted by Crippen LogP contribution is 2.41. The third-order valence-electron chi connectivity index (χ3n) is 6.66. The van der Waals surface area contributed by atoms with E-state index in [4.69, 9.17) is 9.47 Å². The van der Waals surface area contributed by atoms with Crippen molar-refractivity contribution in [1.29, 1.82) is 0 Å². The van der Waals surface area contributed by atoms with Crippen molar-refractivity contribution in [3.63, 3.8) is 0 Å². The van der Waals surface area contributed by atoms with E-state index in [1.54, 1.807) is 6.08 Å². The lowest BCUT2D eigenvalue weighted by Crippen LogP contribution is -2.09. The van der Waals surface area contributed by atoms with Gasteiger partial charge < -0.3 is 9.47 Å². The molecule has 0 saturated carbocycles. The molecule has 182 valence electrons. The summed E-state index contributed by atoms with van der Waals surface area (Å²) in [5.41, 5.74) is -0.0426. The summed E-state index contributed by atoms with van der Waals surface area (Å²) in [4.78, 5) is 0. The Bertz CT molecular complexity index is 1350. The van der Waals surface area contributed by atoms with Crippen LogP contribution in [0.15, 0.2) is 42.5 Å². The van der Waals surface area contributed by atoms with Crippen LogP contribution in [0.1, 0.15) is 48.0 Å². The second-order valence-corrected chi connectivity index (χ2v) is 8.63. The fourth-order valence-corrected chi connectivity index (χ4v) is 4.64.